The summed E-state index contributed by atoms with van der Waals surface area (Å²) in [6, 6.07) is 10.8. The van der Waals surface area contributed by atoms with Crippen LogP contribution < -0.4 is 19.7 Å². The van der Waals surface area contributed by atoms with Crippen molar-refractivity contribution in [3.8, 4) is 5.75 Å². The molecule has 178 valence electrons. The van der Waals surface area contributed by atoms with E-state index >= 15 is 0 Å². The van der Waals surface area contributed by atoms with E-state index in [9.17, 15) is 22.4 Å². The largest absolute Gasteiger partial charge is 0.495 e. The number of anilines is 1. The summed E-state index contributed by atoms with van der Waals surface area (Å²) in [5.41, 5.74) is 0.318. The molecule has 2 aromatic carbocycles. The fourth-order valence-corrected chi connectivity index (χ4v) is 4.32. The van der Waals surface area contributed by atoms with Crippen LogP contribution in [-0.4, -0.2) is 59.7 Å². The molecule has 0 saturated carbocycles. The number of carbonyl (C=O) groups is 2. The van der Waals surface area contributed by atoms with E-state index in [1.165, 1.54) is 7.11 Å². The average molecular weight is 480 g/mol. The summed E-state index contributed by atoms with van der Waals surface area (Å²) >= 11 is 0. The molecule has 2 N–H and O–H groups in total. The van der Waals surface area contributed by atoms with E-state index in [1.54, 1.807) is 24.3 Å². The Morgan fingerprint density at radius 3 is 2.58 bits per heavy atom. The Labute approximate surface area is 191 Å². The molecule has 2 aromatic rings. The molecule has 33 heavy (non-hydrogen) atoms. The first-order valence-electron chi connectivity index (χ1n) is 10.4. The Balaban J connectivity index is 1.72. The topological polar surface area (TPSA) is 114 Å². The summed E-state index contributed by atoms with van der Waals surface area (Å²) in [4.78, 5) is 26.5. The van der Waals surface area contributed by atoms with Crippen molar-refractivity contribution in [2.45, 2.75) is 23.8 Å². The highest BCUT2D eigenvalue weighted by molar-refractivity contribution is 7.89. The van der Waals surface area contributed by atoms with Crippen molar-refractivity contribution in [2.75, 3.05) is 38.3 Å². The Morgan fingerprint density at radius 1 is 1.18 bits per heavy atom. The molecule has 0 unspecified atom stereocenters. The van der Waals surface area contributed by atoms with Crippen molar-refractivity contribution < 1.29 is 31.9 Å². The van der Waals surface area contributed by atoms with Crippen molar-refractivity contribution in [2.24, 2.45) is 0 Å². The van der Waals surface area contributed by atoms with Crippen LogP contribution >= 0.6 is 0 Å². The number of hydrogen-bond donors (Lipinski definition) is 2. The zero-order valence-corrected chi connectivity index (χ0v) is 18.9. The Bertz CT molecular complexity index is 1070. The summed E-state index contributed by atoms with van der Waals surface area (Å²) in [5, 5.41) is 2.75. The highest BCUT2D eigenvalue weighted by Gasteiger charge is 2.25. The van der Waals surface area contributed by atoms with Gasteiger partial charge in [-0.15, -0.1) is 0 Å². The predicted octanol–water partition coefficient (Wildman–Crippen LogP) is 1.44. The van der Waals surface area contributed by atoms with Crippen LogP contribution in [0.1, 0.15) is 12.8 Å². The van der Waals surface area contributed by atoms with Gasteiger partial charge in [-0.3, -0.25) is 14.5 Å². The molecule has 1 aliphatic rings. The number of rotatable bonds is 10. The second-order valence-corrected chi connectivity index (χ2v) is 9.14. The maximum Gasteiger partial charge on any atom is 0.242 e. The molecule has 11 heteroatoms. The van der Waals surface area contributed by atoms with Gasteiger partial charge in [-0.05, 0) is 49.2 Å². The van der Waals surface area contributed by atoms with Gasteiger partial charge in [0.15, 0.2) is 0 Å². The lowest BCUT2D eigenvalue weighted by atomic mass is 10.2. The number of para-hydroxylation sites is 2. The SMILES string of the molecule is COc1ccccc1N(CC(=O)NC[C@H]1CCCO1)C(=O)CNS(=O)(=O)c1ccc(F)cc1. The molecule has 0 aliphatic carbocycles. The molecule has 2 amide bonds. The molecule has 0 aromatic heterocycles. The van der Waals surface area contributed by atoms with E-state index in [0.29, 0.717) is 24.6 Å². The third kappa shape index (κ3) is 6.73. The van der Waals surface area contributed by atoms with Gasteiger partial charge in [0.2, 0.25) is 21.8 Å². The molecule has 1 heterocycles. The van der Waals surface area contributed by atoms with E-state index in [4.69, 9.17) is 9.47 Å². The van der Waals surface area contributed by atoms with E-state index in [1.807, 2.05) is 0 Å². The van der Waals surface area contributed by atoms with Gasteiger partial charge >= 0.3 is 0 Å². The lowest BCUT2D eigenvalue weighted by Crippen LogP contribution is -2.46. The maximum absolute atomic E-state index is 13.1. The molecule has 0 spiro atoms. The van der Waals surface area contributed by atoms with Crippen molar-refractivity contribution >= 4 is 27.5 Å². The van der Waals surface area contributed by atoms with Crippen LogP contribution in [0.4, 0.5) is 10.1 Å². The highest BCUT2D eigenvalue weighted by Crippen LogP contribution is 2.27. The molecule has 1 aliphatic heterocycles. The van der Waals surface area contributed by atoms with Crippen LogP contribution in [0.2, 0.25) is 0 Å². The standard InChI is InChI=1S/C22H26FN3O6S/c1-31-20-7-3-2-6-19(20)26(15-21(27)24-13-17-5-4-12-32-17)22(28)14-25-33(29,30)18-10-8-16(23)9-11-18/h2-3,6-11,17,25H,4-5,12-15H2,1H3,(H,24,27)/t17-/m1/s1. The lowest BCUT2D eigenvalue weighted by Gasteiger charge is -2.24. The summed E-state index contributed by atoms with van der Waals surface area (Å²) < 4.78 is 51.1. The van der Waals surface area contributed by atoms with E-state index in [2.05, 4.69) is 10.0 Å². The highest BCUT2D eigenvalue weighted by atomic mass is 32.2. The number of carbonyl (C=O) groups excluding carboxylic acids is 2. The quantitative estimate of drug-likeness (QED) is 0.533. The van der Waals surface area contributed by atoms with Crippen LogP contribution in [0, 0.1) is 5.82 Å². The summed E-state index contributed by atoms with van der Waals surface area (Å²) in [6.45, 7) is 0.0194. The van der Waals surface area contributed by atoms with E-state index in [0.717, 1.165) is 42.0 Å². The minimum atomic E-state index is -4.07. The first-order chi connectivity index (χ1) is 15.8. The van der Waals surface area contributed by atoms with Gasteiger partial charge in [0, 0.05) is 13.2 Å². The summed E-state index contributed by atoms with van der Waals surface area (Å²) in [7, 11) is -2.64. The summed E-state index contributed by atoms with van der Waals surface area (Å²) in [6.07, 6.45) is 1.72. The Hall–Kier alpha value is -3.02. The smallest absolute Gasteiger partial charge is 0.242 e. The number of sulfonamides is 1. The van der Waals surface area contributed by atoms with E-state index in [-0.39, 0.29) is 17.5 Å². The fraction of sp³-hybridized carbons (Fsp3) is 0.364. The molecule has 3 rings (SSSR count). The zero-order chi connectivity index (χ0) is 23.8. The average Bonchev–Trinajstić information content (AvgIpc) is 3.34. The first-order valence-corrected chi connectivity index (χ1v) is 11.9. The maximum atomic E-state index is 13.1. The van der Waals surface area contributed by atoms with Crippen LogP contribution in [0.5, 0.6) is 5.75 Å². The monoisotopic (exact) mass is 479 g/mol. The molecule has 1 atom stereocenters. The van der Waals surface area contributed by atoms with Gasteiger partial charge in [-0.25, -0.2) is 17.5 Å². The predicted molar refractivity (Wildman–Crippen MR) is 119 cm³/mol. The molecule has 1 saturated heterocycles. The third-order valence-electron chi connectivity index (χ3n) is 5.07. The number of ether oxygens (including phenoxy) is 2. The number of nitrogens with one attached hydrogen (secondary N) is 2. The fourth-order valence-electron chi connectivity index (χ4n) is 3.34. The van der Waals surface area contributed by atoms with Gasteiger partial charge < -0.3 is 14.8 Å². The number of amides is 2. The van der Waals surface area contributed by atoms with Crippen molar-refractivity contribution in [1.82, 2.24) is 10.0 Å². The molecule has 0 radical (unpaired) electrons. The molecule has 1 fully saturated rings. The molecule has 0 bridgehead atoms. The molecular formula is C22H26FN3O6S. The zero-order valence-electron chi connectivity index (χ0n) is 18.1. The minimum absolute atomic E-state index is 0.0631. The van der Waals surface area contributed by atoms with Crippen LogP contribution in [-0.2, 0) is 24.3 Å². The number of benzene rings is 2. The number of nitrogens with zero attached hydrogens (tertiary/aromatic N) is 1. The van der Waals surface area contributed by atoms with Gasteiger partial charge in [-0.2, -0.15) is 0 Å². The van der Waals surface area contributed by atoms with Gasteiger partial charge in [0.1, 0.15) is 18.1 Å². The molecular weight excluding hydrogens is 453 g/mol. The Morgan fingerprint density at radius 2 is 1.91 bits per heavy atom. The van der Waals surface area contributed by atoms with Gasteiger partial charge in [0.25, 0.3) is 0 Å². The third-order valence-corrected chi connectivity index (χ3v) is 6.48. The van der Waals surface area contributed by atoms with Crippen molar-refractivity contribution in [3.05, 3.63) is 54.3 Å². The van der Waals surface area contributed by atoms with Gasteiger partial charge in [0.05, 0.1) is 30.3 Å². The van der Waals surface area contributed by atoms with Crippen LogP contribution in [0.25, 0.3) is 0 Å². The Kier molecular flexibility index (Phi) is 8.37. The van der Waals surface area contributed by atoms with Crippen LogP contribution in [0.3, 0.4) is 0 Å². The van der Waals surface area contributed by atoms with Crippen LogP contribution in [0.15, 0.2) is 53.4 Å². The molecule has 9 nitrogen and oxygen atoms in total. The summed E-state index contributed by atoms with van der Waals surface area (Å²) in [5.74, 6) is -1.33. The number of methoxy groups -OCH3 is 1. The van der Waals surface area contributed by atoms with E-state index < -0.39 is 34.2 Å². The van der Waals surface area contributed by atoms with Gasteiger partial charge in [-0.1, -0.05) is 12.1 Å². The second kappa shape index (κ2) is 11.2. The number of hydrogen-bond acceptors (Lipinski definition) is 6. The lowest BCUT2D eigenvalue weighted by molar-refractivity contribution is -0.123. The minimum Gasteiger partial charge on any atom is -0.495 e. The van der Waals surface area contributed by atoms with Crippen molar-refractivity contribution in [1.29, 1.82) is 0 Å². The second-order valence-electron chi connectivity index (χ2n) is 7.37. The number of halogens is 1. The van der Waals surface area contributed by atoms with Crippen molar-refractivity contribution in [3.63, 3.8) is 0 Å². The normalized spacial score (nSPS) is 15.8. The first kappa shape index (κ1) is 24.6.